The lowest BCUT2D eigenvalue weighted by Crippen LogP contribution is -2.53. The zero-order chi connectivity index (χ0) is 26.2. The molecule has 0 unspecified atom stereocenters. The number of amides is 1. The Morgan fingerprint density at radius 1 is 1.05 bits per heavy atom. The van der Waals surface area contributed by atoms with Crippen molar-refractivity contribution in [2.24, 2.45) is 0 Å². The molecule has 0 spiro atoms. The summed E-state index contributed by atoms with van der Waals surface area (Å²) in [7, 11) is 0. The number of nitrogens with one attached hydrogen (secondary N) is 1. The fraction of sp³-hybridized carbons (Fsp3) is 0.222. The van der Waals surface area contributed by atoms with Crippen LogP contribution in [0.3, 0.4) is 0 Å². The third-order valence-electron chi connectivity index (χ3n) is 6.77. The van der Waals surface area contributed by atoms with Crippen LogP contribution in [0, 0.1) is 6.92 Å². The number of hydrogen-bond acceptors (Lipinski definition) is 8. The molecule has 1 fully saturated rings. The van der Waals surface area contributed by atoms with Crippen molar-refractivity contribution in [2.45, 2.75) is 19.9 Å². The van der Waals surface area contributed by atoms with Gasteiger partial charge in [-0.2, -0.15) is 5.10 Å². The summed E-state index contributed by atoms with van der Waals surface area (Å²) in [5, 5.41) is 17.8. The van der Waals surface area contributed by atoms with Gasteiger partial charge in [-0.1, -0.05) is 0 Å². The number of pyridine rings is 1. The topological polar surface area (TPSA) is 121 Å². The SMILES string of the molecule is Cc1cc(Nc2ncnc3ccc(N4CCN(C(=O)O)C[C@@H]4C)cc23)ccc1Oc1ccn2ncnc2c1. The van der Waals surface area contributed by atoms with Crippen LogP contribution in [-0.2, 0) is 0 Å². The predicted molar refractivity (Wildman–Crippen MR) is 143 cm³/mol. The lowest BCUT2D eigenvalue weighted by molar-refractivity contribution is 0.136. The summed E-state index contributed by atoms with van der Waals surface area (Å²) in [6.07, 6.45) is 3.98. The van der Waals surface area contributed by atoms with Crippen molar-refractivity contribution >= 4 is 39.8 Å². The van der Waals surface area contributed by atoms with E-state index in [0.29, 0.717) is 36.8 Å². The number of carboxylic acid groups (broad SMARTS) is 1. The van der Waals surface area contributed by atoms with E-state index in [9.17, 15) is 9.90 Å². The highest BCUT2D eigenvalue weighted by atomic mass is 16.5. The Kier molecular flexibility index (Phi) is 5.87. The Labute approximate surface area is 218 Å². The fourth-order valence-electron chi connectivity index (χ4n) is 4.80. The number of benzene rings is 2. The molecule has 0 radical (unpaired) electrons. The van der Waals surface area contributed by atoms with Gasteiger partial charge < -0.3 is 25.0 Å². The Morgan fingerprint density at radius 3 is 2.76 bits per heavy atom. The molecule has 4 heterocycles. The van der Waals surface area contributed by atoms with Crippen LogP contribution in [-0.4, -0.2) is 66.3 Å². The standard InChI is InChI=1S/C27H26N8O3/c1-17-11-19(3-6-24(17)38-21-7-8-35-25(13-21)29-16-31-35)32-26-22-12-20(4-5-23(22)28-15-30-26)34-10-9-33(27(36)37)14-18(34)2/h3-8,11-13,15-16,18H,9-10,14H2,1-2H3,(H,36,37)(H,28,30,32)/t18-/m0/s1. The number of rotatable bonds is 5. The van der Waals surface area contributed by atoms with Crippen LogP contribution in [0.4, 0.5) is 22.0 Å². The summed E-state index contributed by atoms with van der Waals surface area (Å²) in [5.41, 5.74) is 4.38. The number of nitrogens with zero attached hydrogens (tertiary/aromatic N) is 7. The van der Waals surface area contributed by atoms with Crippen LogP contribution in [0.5, 0.6) is 11.5 Å². The van der Waals surface area contributed by atoms with Crippen molar-refractivity contribution < 1.29 is 14.6 Å². The molecule has 1 amide bonds. The van der Waals surface area contributed by atoms with E-state index in [1.165, 1.54) is 11.2 Å². The van der Waals surface area contributed by atoms with E-state index in [1.807, 2.05) is 62.5 Å². The van der Waals surface area contributed by atoms with Crippen molar-refractivity contribution in [3.05, 3.63) is 72.9 Å². The largest absolute Gasteiger partial charge is 0.465 e. The number of aryl methyl sites for hydroxylation is 1. The maximum absolute atomic E-state index is 11.4. The van der Waals surface area contributed by atoms with Crippen molar-refractivity contribution in [1.29, 1.82) is 0 Å². The highest BCUT2D eigenvalue weighted by molar-refractivity contribution is 5.93. The highest BCUT2D eigenvalue weighted by Gasteiger charge is 2.27. The minimum absolute atomic E-state index is 0.0546. The smallest absolute Gasteiger partial charge is 0.407 e. The van der Waals surface area contributed by atoms with E-state index in [-0.39, 0.29) is 6.04 Å². The second-order valence-corrected chi connectivity index (χ2v) is 9.33. The molecule has 1 aliphatic rings. The molecule has 6 rings (SSSR count). The Bertz CT molecular complexity index is 1650. The number of anilines is 3. The number of hydrogen-bond donors (Lipinski definition) is 2. The van der Waals surface area contributed by atoms with Crippen LogP contribution >= 0.6 is 0 Å². The molecular formula is C27H26N8O3. The van der Waals surface area contributed by atoms with Crippen LogP contribution < -0.4 is 15.0 Å². The highest BCUT2D eigenvalue weighted by Crippen LogP contribution is 2.32. The first-order valence-electron chi connectivity index (χ1n) is 12.3. The Hall–Kier alpha value is -4.93. The molecule has 0 aliphatic carbocycles. The minimum Gasteiger partial charge on any atom is -0.465 e. The quantitative estimate of drug-likeness (QED) is 0.346. The summed E-state index contributed by atoms with van der Waals surface area (Å²) < 4.78 is 7.78. The molecule has 0 saturated carbocycles. The summed E-state index contributed by atoms with van der Waals surface area (Å²) in [6.45, 7) is 5.58. The molecule has 1 atom stereocenters. The van der Waals surface area contributed by atoms with Gasteiger partial charge in [0, 0.05) is 54.7 Å². The number of fused-ring (bicyclic) bond motifs is 2. The van der Waals surface area contributed by atoms with E-state index < -0.39 is 6.09 Å². The number of carbonyl (C=O) groups is 1. The monoisotopic (exact) mass is 510 g/mol. The third-order valence-corrected chi connectivity index (χ3v) is 6.77. The van der Waals surface area contributed by atoms with Gasteiger partial charge in [0.05, 0.1) is 5.52 Å². The Morgan fingerprint density at radius 2 is 1.95 bits per heavy atom. The molecule has 2 N–H and O–H groups in total. The van der Waals surface area contributed by atoms with Crippen LogP contribution in [0.1, 0.15) is 12.5 Å². The molecule has 11 nitrogen and oxygen atoms in total. The summed E-state index contributed by atoms with van der Waals surface area (Å²) in [5.74, 6) is 2.12. The second kappa shape index (κ2) is 9.51. The van der Waals surface area contributed by atoms with Crippen molar-refractivity contribution in [1.82, 2.24) is 29.5 Å². The van der Waals surface area contributed by atoms with E-state index >= 15 is 0 Å². The van der Waals surface area contributed by atoms with E-state index in [4.69, 9.17) is 4.74 Å². The number of ether oxygens (including phenoxy) is 1. The predicted octanol–water partition coefficient (Wildman–Crippen LogP) is 4.71. The van der Waals surface area contributed by atoms with Gasteiger partial charge in [0.2, 0.25) is 0 Å². The summed E-state index contributed by atoms with van der Waals surface area (Å²) in [4.78, 5) is 28.2. The number of aromatic nitrogens is 5. The zero-order valence-corrected chi connectivity index (χ0v) is 20.9. The molecule has 38 heavy (non-hydrogen) atoms. The van der Waals surface area contributed by atoms with Crippen LogP contribution in [0.2, 0.25) is 0 Å². The van der Waals surface area contributed by atoms with Crippen LogP contribution in [0.15, 0.2) is 67.4 Å². The average molecular weight is 511 g/mol. The first-order chi connectivity index (χ1) is 18.4. The van der Waals surface area contributed by atoms with Gasteiger partial charge in [-0.3, -0.25) is 0 Å². The molecule has 192 valence electrons. The van der Waals surface area contributed by atoms with Gasteiger partial charge in [-0.15, -0.1) is 0 Å². The summed E-state index contributed by atoms with van der Waals surface area (Å²) >= 11 is 0. The molecule has 2 aromatic carbocycles. The molecule has 3 aromatic heterocycles. The average Bonchev–Trinajstić information content (AvgIpc) is 3.38. The minimum atomic E-state index is -0.877. The molecule has 1 aliphatic heterocycles. The first kappa shape index (κ1) is 23.5. The Balaban J connectivity index is 1.23. The summed E-state index contributed by atoms with van der Waals surface area (Å²) in [6, 6.07) is 15.7. The maximum atomic E-state index is 11.4. The van der Waals surface area contributed by atoms with Gasteiger partial charge in [-0.05, 0) is 61.9 Å². The van der Waals surface area contributed by atoms with E-state index in [2.05, 4.69) is 36.3 Å². The van der Waals surface area contributed by atoms with Crippen molar-refractivity contribution in [2.75, 3.05) is 29.9 Å². The second-order valence-electron chi connectivity index (χ2n) is 9.33. The molecule has 11 heteroatoms. The van der Waals surface area contributed by atoms with Crippen molar-refractivity contribution in [3.8, 4) is 11.5 Å². The zero-order valence-electron chi connectivity index (χ0n) is 20.9. The lowest BCUT2D eigenvalue weighted by atomic mass is 10.1. The van der Waals surface area contributed by atoms with E-state index in [1.54, 1.807) is 10.8 Å². The molecule has 5 aromatic rings. The molecular weight excluding hydrogens is 484 g/mol. The molecule has 1 saturated heterocycles. The third kappa shape index (κ3) is 4.49. The normalized spacial score (nSPS) is 15.7. The number of piperazine rings is 1. The first-order valence-corrected chi connectivity index (χ1v) is 12.3. The van der Waals surface area contributed by atoms with Gasteiger partial charge in [0.25, 0.3) is 0 Å². The van der Waals surface area contributed by atoms with Gasteiger partial charge in [0.15, 0.2) is 5.65 Å². The van der Waals surface area contributed by atoms with Crippen molar-refractivity contribution in [3.63, 3.8) is 0 Å². The van der Waals surface area contributed by atoms with Gasteiger partial charge >= 0.3 is 6.09 Å². The maximum Gasteiger partial charge on any atom is 0.407 e. The van der Waals surface area contributed by atoms with Crippen LogP contribution in [0.25, 0.3) is 16.6 Å². The van der Waals surface area contributed by atoms with Gasteiger partial charge in [-0.25, -0.2) is 24.3 Å². The van der Waals surface area contributed by atoms with Gasteiger partial charge in [0.1, 0.15) is 30.0 Å². The fourth-order valence-corrected chi connectivity index (χ4v) is 4.80. The van der Waals surface area contributed by atoms with E-state index in [0.717, 1.165) is 33.6 Å². The molecule has 0 bridgehead atoms. The lowest BCUT2D eigenvalue weighted by Gasteiger charge is -2.40.